The second-order valence-electron chi connectivity index (χ2n) is 8.53. The number of hydrogen-bond donors (Lipinski definition) is 3. The Balaban J connectivity index is 1.28. The first-order chi connectivity index (χ1) is 16.0. The fourth-order valence-corrected chi connectivity index (χ4v) is 4.44. The Kier molecular flexibility index (Phi) is 6.93. The standard InChI is InChI=1S/C25H28N2O6/c1-15(24(29)30)12-26-23(28)22-16(10-11-32-22)13-27-25(31)33-14-21-19-8-4-2-6-17(19)18-7-3-5-9-20(18)21/h2-9,15-16,21-22H,10-14H2,1H3,(H,26,28)(H,27,31)(H,29,30)/t15?,16-,22-/m1/s1. The van der Waals surface area contributed by atoms with Crippen molar-refractivity contribution in [3.05, 3.63) is 59.7 Å². The van der Waals surface area contributed by atoms with E-state index in [-0.39, 0.29) is 37.4 Å². The number of ether oxygens (including phenoxy) is 2. The van der Waals surface area contributed by atoms with Gasteiger partial charge >= 0.3 is 12.1 Å². The minimum atomic E-state index is -0.976. The summed E-state index contributed by atoms with van der Waals surface area (Å²) in [5.74, 6) is -2.25. The van der Waals surface area contributed by atoms with Crippen LogP contribution < -0.4 is 10.6 Å². The fraction of sp³-hybridized carbons (Fsp3) is 0.400. The maximum atomic E-state index is 12.4. The second kappa shape index (κ2) is 10.0. The molecule has 174 valence electrons. The van der Waals surface area contributed by atoms with Crippen LogP contribution in [0.2, 0.25) is 0 Å². The Morgan fingerprint density at radius 2 is 1.70 bits per heavy atom. The summed E-state index contributed by atoms with van der Waals surface area (Å²) < 4.78 is 11.1. The predicted octanol–water partition coefficient (Wildman–Crippen LogP) is 2.77. The zero-order valence-electron chi connectivity index (χ0n) is 18.5. The van der Waals surface area contributed by atoms with E-state index in [2.05, 4.69) is 34.9 Å². The molecule has 2 aliphatic rings. The normalized spacial score (nSPS) is 19.9. The first-order valence-corrected chi connectivity index (χ1v) is 11.2. The van der Waals surface area contributed by atoms with Crippen LogP contribution in [-0.4, -0.2) is 55.5 Å². The first kappa shape index (κ1) is 22.8. The maximum Gasteiger partial charge on any atom is 0.407 e. The van der Waals surface area contributed by atoms with Crippen molar-refractivity contribution in [2.45, 2.75) is 25.4 Å². The van der Waals surface area contributed by atoms with E-state index < -0.39 is 24.1 Å². The van der Waals surface area contributed by atoms with Gasteiger partial charge in [-0.05, 0) is 28.7 Å². The molecule has 3 N–H and O–H groups in total. The van der Waals surface area contributed by atoms with Crippen LogP contribution in [0.15, 0.2) is 48.5 Å². The highest BCUT2D eigenvalue weighted by atomic mass is 16.5. The van der Waals surface area contributed by atoms with Crippen molar-refractivity contribution in [3.8, 4) is 11.1 Å². The molecule has 0 bridgehead atoms. The van der Waals surface area contributed by atoms with E-state index in [4.69, 9.17) is 14.6 Å². The van der Waals surface area contributed by atoms with E-state index in [0.29, 0.717) is 13.0 Å². The molecule has 33 heavy (non-hydrogen) atoms. The number of fused-ring (bicyclic) bond motifs is 3. The molecule has 1 saturated heterocycles. The molecule has 8 heteroatoms. The van der Waals surface area contributed by atoms with Gasteiger partial charge in [-0.1, -0.05) is 55.5 Å². The van der Waals surface area contributed by atoms with Crippen LogP contribution in [0.5, 0.6) is 0 Å². The van der Waals surface area contributed by atoms with Crippen LogP contribution in [0.1, 0.15) is 30.4 Å². The largest absolute Gasteiger partial charge is 0.481 e. The van der Waals surface area contributed by atoms with Gasteiger partial charge in [0.15, 0.2) is 0 Å². The number of benzene rings is 2. The van der Waals surface area contributed by atoms with Crippen molar-refractivity contribution in [2.75, 3.05) is 26.3 Å². The number of carboxylic acids is 1. The molecule has 2 aromatic rings. The van der Waals surface area contributed by atoms with Gasteiger partial charge < -0.3 is 25.2 Å². The van der Waals surface area contributed by atoms with Gasteiger partial charge in [-0.2, -0.15) is 0 Å². The molecular formula is C25H28N2O6. The van der Waals surface area contributed by atoms with Gasteiger partial charge in [-0.3, -0.25) is 9.59 Å². The SMILES string of the molecule is CC(CNC(=O)[C@@H]1OCC[C@@H]1CNC(=O)OCC1c2ccccc2-c2ccccc21)C(=O)O. The summed E-state index contributed by atoms with van der Waals surface area (Å²) in [4.78, 5) is 35.7. The summed E-state index contributed by atoms with van der Waals surface area (Å²) >= 11 is 0. The summed E-state index contributed by atoms with van der Waals surface area (Å²) in [5, 5.41) is 14.3. The van der Waals surface area contributed by atoms with Gasteiger partial charge in [0, 0.05) is 31.5 Å². The number of rotatable bonds is 8. The van der Waals surface area contributed by atoms with Crippen LogP contribution in [0.4, 0.5) is 4.79 Å². The topological polar surface area (TPSA) is 114 Å². The van der Waals surface area contributed by atoms with E-state index in [1.807, 2.05) is 24.3 Å². The van der Waals surface area contributed by atoms with E-state index in [1.54, 1.807) is 0 Å². The summed E-state index contributed by atoms with van der Waals surface area (Å²) in [6.45, 7) is 2.42. The number of aliphatic carboxylic acids is 1. The quantitative estimate of drug-likeness (QED) is 0.568. The molecule has 4 rings (SSSR count). The Hall–Kier alpha value is -3.39. The molecular weight excluding hydrogens is 424 g/mol. The molecule has 0 aromatic heterocycles. The molecule has 1 unspecified atom stereocenters. The summed E-state index contributed by atoms with van der Waals surface area (Å²) in [6, 6.07) is 16.3. The molecule has 2 amide bonds. The molecule has 3 atom stereocenters. The molecule has 1 aliphatic heterocycles. The van der Waals surface area contributed by atoms with E-state index in [0.717, 1.165) is 22.3 Å². The van der Waals surface area contributed by atoms with Gasteiger partial charge in [0.1, 0.15) is 12.7 Å². The number of carbonyl (C=O) groups excluding carboxylic acids is 2. The lowest BCUT2D eigenvalue weighted by atomic mass is 9.98. The average Bonchev–Trinajstić information content (AvgIpc) is 3.42. The number of hydrogen-bond acceptors (Lipinski definition) is 5. The number of carbonyl (C=O) groups is 3. The molecule has 8 nitrogen and oxygen atoms in total. The van der Waals surface area contributed by atoms with Gasteiger partial charge in [0.25, 0.3) is 0 Å². The van der Waals surface area contributed by atoms with Gasteiger partial charge in [-0.15, -0.1) is 0 Å². The highest BCUT2D eigenvalue weighted by Crippen LogP contribution is 2.44. The lowest BCUT2D eigenvalue weighted by molar-refractivity contribution is -0.141. The zero-order chi connectivity index (χ0) is 23.4. The minimum Gasteiger partial charge on any atom is -0.481 e. The number of alkyl carbamates (subject to hydrolysis) is 1. The zero-order valence-corrected chi connectivity index (χ0v) is 18.5. The van der Waals surface area contributed by atoms with Gasteiger partial charge in [0.05, 0.1) is 5.92 Å². The Bertz CT molecular complexity index is 994. The summed E-state index contributed by atoms with van der Waals surface area (Å²) in [5.41, 5.74) is 4.61. The van der Waals surface area contributed by atoms with E-state index >= 15 is 0 Å². The Morgan fingerprint density at radius 3 is 2.33 bits per heavy atom. The molecule has 0 spiro atoms. The summed E-state index contributed by atoms with van der Waals surface area (Å²) in [7, 11) is 0. The van der Waals surface area contributed by atoms with Crippen LogP contribution in [0.25, 0.3) is 11.1 Å². The van der Waals surface area contributed by atoms with Crippen LogP contribution >= 0.6 is 0 Å². The van der Waals surface area contributed by atoms with Crippen LogP contribution in [0.3, 0.4) is 0 Å². The molecule has 1 heterocycles. The van der Waals surface area contributed by atoms with Crippen LogP contribution in [0, 0.1) is 11.8 Å². The Morgan fingerprint density at radius 1 is 1.06 bits per heavy atom. The molecule has 0 radical (unpaired) electrons. The van der Waals surface area contributed by atoms with Crippen LogP contribution in [-0.2, 0) is 19.1 Å². The average molecular weight is 453 g/mol. The van der Waals surface area contributed by atoms with Crippen molar-refractivity contribution < 1.29 is 29.0 Å². The fourth-order valence-electron chi connectivity index (χ4n) is 4.44. The number of carboxylic acid groups (broad SMARTS) is 1. The lowest BCUT2D eigenvalue weighted by Crippen LogP contribution is -2.44. The van der Waals surface area contributed by atoms with Crippen molar-refractivity contribution in [1.29, 1.82) is 0 Å². The predicted molar refractivity (Wildman–Crippen MR) is 121 cm³/mol. The third-order valence-electron chi connectivity index (χ3n) is 6.33. The van der Waals surface area contributed by atoms with Crippen molar-refractivity contribution in [1.82, 2.24) is 10.6 Å². The summed E-state index contributed by atoms with van der Waals surface area (Å²) in [6.07, 6.45) is -0.641. The third-order valence-corrected chi connectivity index (χ3v) is 6.33. The first-order valence-electron chi connectivity index (χ1n) is 11.2. The molecule has 2 aromatic carbocycles. The van der Waals surface area contributed by atoms with Crippen molar-refractivity contribution >= 4 is 18.0 Å². The minimum absolute atomic E-state index is 0.0206. The monoisotopic (exact) mass is 452 g/mol. The molecule has 1 aliphatic carbocycles. The smallest absolute Gasteiger partial charge is 0.407 e. The Labute approximate surface area is 192 Å². The van der Waals surface area contributed by atoms with Gasteiger partial charge in [-0.25, -0.2) is 4.79 Å². The molecule has 1 fully saturated rings. The highest BCUT2D eigenvalue weighted by Gasteiger charge is 2.35. The number of nitrogens with one attached hydrogen (secondary N) is 2. The lowest BCUT2D eigenvalue weighted by Gasteiger charge is -2.20. The van der Waals surface area contributed by atoms with Gasteiger partial charge in [0.2, 0.25) is 5.91 Å². The van der Waals surface area contributed by atoms with Crippen molar-refractivity contribution in [2.24, 2.45) is 11.8 Å². The number of amides is 2. The highest BCUT2D eigenvalue weighted by molar-refractivity contribution is 5.82. The molecule has 0 saturated carbocycles. The van der Waals surface area contributed by atoms with Crippen molar-refractivity contribution in [3.63, 3.8) is 0 Å². The maximum absolute atomic E-state index is 12.4. The second-order valence-corrected chi connectivity index (χ2v) is 8.53. The van der Waals surface area contributed by atoms with E-state index in [1.165, 1.54) is 6.92 Å². The van der Waals surface area contributed by atoms with E-state index in [9.17, 15) is 14.4 Å². The third kappa shape index (κ3) is 5.01.